The maximum Gasteiger partial charge on any atom is 0.311 e. The Morgan fingerprint density at radius 2 is 1.75 bits per heavy atom. The average Bonchev–Trinajstić information content (AvgIpc) is 2.15. The van der Waals surface area contributed by atoms with Crippen molar-refractivity contribution in [2.45, 2.75) is 58.1 Å². The molecule has 0 aliphatic heterocycles. The lowest BCUT2D eigenvalue weighted by molar-refractivity contribution is -0.163. The predicted molar refractivity (Wildman–Crippen MR) is 65.3 cm³/mol. The van der Waals surface area contributed by atoms with Crippen LogP contribution >= 0.6 is 0 Å². The minimum atomic E-state index is -0.370. The zero-order valence-electron chi connectivity index (χ0n) is 11.2. The number of nitrogens with zero attached hydrogens (tertiary/aromatic N) is 1. The standard InChI is InChI=1S/C13H25NO2/c1-13(2,3)16-12(15)10-8-6-7-9-11(10)14(4)5/h10-11H,6-9H2,1-5H3. The number of hydrogen-bond donors (Lipinski definition) is 0. The van der Waals surface area contributed by atoms with Gasteiger partial charge in [-0.3, -0.25) is 4.79 Å². The first-order valence-electron chi connectivity index (χ1n) is 6.20. The maximum absolute atomic E-state index is 12.1. The van der Waals surface area contributed by atoms with E-state index >= 15 is 0 Å². The lowest BCUT2D eigenvalue weighted by Gasteiger charge is -2.36. The molecule has 1 aliphatic rings. The maximum atomic E-state index is 12.1. The van der Waals surface area contributed by atoms with Crippen molar-refractivity contribution in [1.29, 1.82) is 0 Å². The molecule has 2 unspecified atom stereocenters. The molecule has 3 heteroatoms. The minimum absolute atomic E-state index is 0.0223. The van der Waals surface area contributed by atoms with Crippen molar-refractivity contribution in [2.24, 2.45) is 5.92 Å². The molecule has 1 saturated carbocycles. The van der Waals surface area contributed by atoms with Crippen LogP contribution in [0.2, 0.25) is 0 Å². The van der Waals surface area contributed by atoms with Gasteiger partial charge in [-0.15, -0.1) is 0 Å². The molecule has 1 aliphatic carbocycles. The molecule has 0 radical (unpaired) electrons. The largest absolute Gasteiger partial charge is 0.460 e. The molecule has 94 valence electrons. The Labute approximate surface area is 99.1 Å². The molecule has 2 atom stereocenters. The van der Waals surface area contributed by atoms with Crippen molar-refractivity contribution in [2.75, 3.05) is 14.1 Å². The smallest absolute Gasteiger partial charge is 0.311 e. The van der Waals surface area contributed by atoms with Crippen LogP contribution in [0, 0.1) is 5.92 Å². The molecule has 0 spiro atoms. The second kappa shape index (κ2) is 5.17. The van der Waals surface area contributed by atoms with Gasteiger partial charge < -0.3 is 9.64 Å². The zero-order valence-corrected chi connectivity index (χ0v) is 11.2. The highest BCUT2D eigenvalue weighted by molar-refractivity contribution is 5.73. The predicted octanol–water partition coefficient (Wildman–Crippen LogP) is 2.45. The summed E-state index contributed by atoms with van der Waals surface area (Å²) >= 11 is 0. The Bertz CT molecular complexity index is 243. The summed E-state index contributed by atoms with van der Waals surface area (Å²) in [5, 5.41) is 0. The molecular formula is C13H25NO2. The van der Waals surface area contributed by atoms with Crippen LogP contribution in [0.1, 0.15) is 46.5 Å². The number of hydrogen-bond acceptors (Lipinski definition) is 3. The van der Waals surface area contributed by atoms with E-state index in [2.05, 4.69) is 4.90 Å². The van der Waals surface area contributed by atoms with Gasteiger partial charge in [0.2, 0.25) is 0 Å². The Morgan fingerprint density at radius 3 is 2.25 bits per heavy atom. The summed E-state index contributed by atoms with van der Waals surface area (Å²) in [6.07, 6.45) is 4.45. The molecule has 0 bridgehead atoms. The third kappa shape index (κ3) is 3.78. The molecule has 0 aromatic carbocycles. The van der Waals surface area contributed by atoms with Gasteiger partial charge in [-0.25, -0.2) is 0 Å². The van der Waals surface area contributed by atoms with Gasteiger partial charge in [-0.2, -0.15) is 0 Å². The third-order valence-electron chi connectivity index (χ3n) is 3.10. The van der Waals surface area contributed by atoms with Crippen LogP contribution in [0.5, 0.6) is 0 Å². The Kier molecular flexibility index (Phi) is 4.36. The summed E-state index contributed by atoms with van der Waals surface area (Å²) < 4.78 is 5.49. The van der Waals surface area contributed by atoms with E-state index in [9.17, 15) is 4.79 Å². The van der Waals surface area contributed by atoms with E-state index in [1.807, 2.05) is 34.9 Å². The van der Waals surface area contributed by atoms with Crippen LogP contribution in [-0.2, 0) is 9.53 Å². The number of rotatable bonds is 2. The third-order valence-corrected chi connectivity index (χ3v) is 3.10. The van der Waals surface area contributed by atoms with Gasteiger partial charge in [0, 0.05) is 6.04 Å². The molecule has 1 rings (SSSR count). The zero-order chi connectivity index (χ0) is 12.3. The average molecular weight is 227 g/mol. The van der Waals surface area contributed by atoms with Crippen molar-refractivity contribution in [3.8, 4) is 0 Å². The second-order valence-electron chi connectivity index (χ2n) is 5.96. The van der Waals surface area contributed by atoms with Gasteiger partial charge in [-0.05, 0) is 47.7 Å². The quantitative estimate of drug-likeness (QED) is 0.679. The van der Waals surface area contributed by atoms with Crippen molar-refractivity contribution >= 4 is 5.97 Å². The van der Waals surface area contributed by atoms with Crippen LogP contribution in [0.4, 0.5) is 0 Å². The molecule has 0 amide bonds. The number of ether oxygens (including phenoxy) is 1. The van der Waals surface area contributed by atoms with E-state index in [0.717, 1.165) is 19.3 Å². The van der Waals surface area contributed by atoms with Crippen molar-refractivity contribution < 1.29 is 9.53 Å². The summed E-state index contributed by atoms with van der Waals surface area (Å²) in [6, 6.07) is 0.351. The Morgan fingerprint density at radius 1 is 1.19 bits per heavy atom. The molecular weight excluding hydrogens is 202 g/mol. The molecule has 0 N–H and O–H groups in total. The molecule has 1 fully saturated rings. The second-order valence-corrected chi connectivity index (χ2v) is 5.96. The van der Waals surface area contributed by atoms with Gasteiger partial charge in [-0.1, -0.05) is 12.8 Å². The van der Waals surface area contributed by atoms with E-state index in [4.69, 9.17) is 4.74 Å². The summed E-state index contributed by atoms with van der Waals surface area (Å²) in [4.78, 5) is 14.2. The number of carbonyl (C=O) groups excluding carboxylic acids is 1. The summed E-state index contributed by atoms with van der Waals surface area (Å²) in [5.41, 5.74) is -0.370. The van der Waals surface area contributed by atoms with Crippen molar-refractivity contribution in [3.63, 3.8) is 0 Å². The minimum Gasteiger partial charge on any atom is -0.460 e. The molecule has 16 heavy (non-hydrogen) atoms. The van der Waals surface area contributed by atoms with Gasteiger partial charge in [0.1, 0.15) is 5.60 Å². The first-order chi connectivity index (χ1) is 7.31. The topological polar surface area (TPSA) is 29.5 Å². The van der Waals surface area contributed by atoms with Crippen LogP contribution in [-0.4, -0.2) is 36.6 Å². The van der Waals surface area contributed by atoms with Gasteiger partial charge in [0.15, 0.2) is 0 Å². The van der Waals surface area contributed by atoms with Crippen molar-refractivity contribution in [1.82, 2.24) is 4.90 Å². The lowest BCUT2D eigenvalue weighted by atomic mass is 9.84. The highest BCUT2D eigenvalue weighted by Crippen LogP contribution is 2.29. The Hall–Kier alpha value is -0.570. The fraction of sp³-hybridized carbons (Fsp3) is 0.923. The molecule has 0 saturated heterocycles. The summed E-state index contributed by atoms with van der Waals surface area (Å²) in [5.74, 6) is 0.0360. The van der Waals surface area contributed by atoms with Crippen LogP contribution in [0.15, 0.2) is 0 Å². The van der Waals surface area contributed by atoms with E-state index in [1.54, 1.807) is 0 Å². The normalized spacial score (nSPS) is 26.9. The van der Waals surface area contributed by atoms with Crippen LogP contribution in [0.3, 0.4) is 0 Å². The van der Waals surface area contributed by atoms with E-state index in [-0.39, 0.29) is 17.5 Å². The SMILES string of the molecule is CN(C)C1CCCCC1C(=O)OC(C)(C)C. The molecule has 0 aromatic rings. The molecule has 0 heterocycles. The highest BCUT2D eigenvalue weighted by Gasteiger charge is 2.35. The lowest BCUT2D eigenvalue weighted by Crippen LogP contribution is -2.43. The fourth-order valence-electron chi connectivity index (χ4n) is 2.38. The Balaban J connectivity index is 2.64. The first kappa shape index (κ1) is 13.5. The number of carbonyl (C=O) groups is 1. The fourth-order valence-corrected chi connectivity index (χ4v) is 2.38. The monoisotopic (exact) mass is 227 g/mol. The molecule has 0 aromatic heterocycles. The van der Waals surface area contributed by atoms with Crippen molar-refractivity contribution in [3.05, 3.63) is 0 Å². The van der Waals surface area contributed by atoms with Gasteiger partial charge in [0.05, 0.1) is 5.92 Å². The van der Waals surface area contributed by atoms with E-state index in [0.29, 0.717) is 6.04 Å². The first-order valence-corrected chi connectivity index (χ1v) is 6.20. The van der Waals surface area contributed by atoms with Crippen LogP contribution < -0.4 is 0 Å². The van der Waals surface area contributed by atoms with Crippen LogP contribution in [0.25, 0.3) is 0 Å². The van der Waals surface area contributed by atoms with E-state index < -0.39 is 0 Å². The van der Waals surface area contributed by atoms with E-state index in [1.165, 1.54) is 6.42 Å². The van der Waals surface area contributed by atoms with Gasteiger partial charge >= 0.3 is 5.97 Å². The van der Waals surface area contributed by atoms with Gasteiger partial charge in [0.25, 0.3) is 0 Å². The molecule has 3 nitrogen and oxygen atoms in total. The summed E-state index contributed by atoms with van der Waals surface area (Å²) in [6.45, 7) is 5.79. The highest BCUT2D eigenvalue weighted by atomic mass is 16.6. The summed E-state index contributed by atoms with van der Waals surface area (Å²) in [7, 11) is 4.10. The number of esters is 1.